The molecule has 0 spiro atoms. The van der Waals surface area contributed by atoms with Gasteiger partial charge in [-0.25, -0.2) is 4.98 Å². The largest absolute Gasteiger partial charge is 0.486 e. The predicted molar refractivity (Wildman–Crippen MR) is 112 cm³/mol. The van der Waals surface area contributed by atoms with Crippen LogP contribution in [0, 0.1) is 13.8 Å². The Hall–Kier alpha value is -2.65. The monoisotopic (exact) mass is 415 g/mol. The lowest BCUT2D eigenvalue weighted by Gasteiger charge is -2.10. The van der Waals surface area contributed by atoms with Crippen LogP contribution in [0.5, 0.6) is 5.75 Å². The van der Waals surface area contributed by atoms with Crippen LogP contribution < -0.4 is 10.1 Å². The lowest BCUT2D eigenvalue weighted by atomic mass is 10.1. The van der Waals surface area contributed by atoms with Crippen molar-refractivity contribution in [1.29, 1.82) is 0 Å². The zero-order valence-corrected chi connectivity index (χ0v) is 17.3. The van der Waals surface area contributed by atoms with Crippen molar-refractivity contribution in [3.63, 3.8) is 0 Å². The maximum atomic E-state index is 12.1. The number of amides is 1. The molecule has 28 heavy (non-hydrogen) atoms. The number of thiazole rings is 1. The summed E-state index contributed by atoms with van der Waals surface area (Å²) in [6.07, 6.45) is 3.42. The SMILES string of the molecule is C=CCn1c(COc2ccc(C)c(C)c2)nnc1SCC(=O)Nc1nccs1. The number of anilines is 1. The normalized spacial score (nSPS) is 10.6. The van der Waals surface area contributed by atoms with Gasteiger partial charge in [0.15, 0.2) is 16.1 Å². The Morgan fingerprint density at radius 2 is 2.21 bits per heavy atom. The van der Waals surface area contributed by atoms with Crippen LogP contribution in [0.1, 0.15) is 17.0 Å². The number of aromatic nitrogens is 4. The average Bonchev–Trinajstić information content (AvgIpc) is 3.31. The highest BCUT2D eigenvalue weighted by atomic mass is 32.2. The molecule has 0 aliphatic heterocycles. The van der Waals surface area contributed by atoms with Crippen molar-refractivity contribution < 1.29 is 9.53 Å². The van der Waals surface area contributed by atoms with E-state index in [-0.39, 0.29) is 18.3 Å². The molecule has 0 unspecified atom stereocenters. The number of benzene rings is 1. The highest BCUT2D eigenvalue weighted by Gasteiger charge is 2.14. The van der Waals surface area contributed by atoms with E-state index in [1.807, 2.05) is 35.1 Å². The van der Waals surface area contributed by atoms with E-state index in [1.54, 1.807) is 12.3 Å². The van der Waals surface area contributed by atoms with E-state index in [0.29, 0.717) is 22.7 Å². The Balaban J connectivity index is 1.62. The molecule has 3 aromatic rings. The summed E-state index contributed by atoms with van der Waals surface area (Å²) < 4.78 is 7.77. The molecular weight excluding hydrogens is 394 g/mol. The fourth-order valence-electron chi connectivity index (χ4n) is 2.37. The van der Waals surface area contributed by atoms with E-state index in [0.717, 1.165) is 5.75 Å². The highest BCUT2D eigenvalue weighted by molar-refractivity contribution is 7.99. The Labute approximate surface area is 171 Å². The first kappa shape index (κ1) is 20.1. The molecule has 2 heterocycles. The van der Waals surface area contributed by atoms with Gasteiger partial charge in [0.2, 0.25) is 5.91 Å². The lowest BCUT2D eigenvalue weighted by Crippen LogP contribution is -2.14. The number of carbonyl (C=O) groups excluding carboxylic acids is 1. The molecule has 0 radical (unpaired) electrons. The number of nitrogens with one attached hydrogen (secondary N) is 1. The minimum absolute atomic E-state index is 0.138. The van der Waals surface area contributed by atoms with Crippen LogP contribution in [0.4, 0.5) is 5.13 Å². The number of ether oxygens (including phenoxy) is 1. The van der Waals surface area contributed by atoms with Crippen LogP contribution >= 0.6 is 23.1 Å². The van der Waals surface area contributed by atoms with Gasteiger partial charge in [-0.2, -0.15) is 0 Å². The number of hydrogen-bond donors (Lipinski definition) is 1. The van der Waals surface area contributed by atoms with Crippen molar-refractivity contribution in [2.45, 2.75) is 32.2 Å². The van der Waals surface area contributed by atoms with E-state index in [1.165, 1.54) is 34.2 Å². The molecular formula is C19H21N5O2S2. The molecule has 0 saturated heterocycles. The summed E-state index contributed by atoms with van der Waals surface area (Å²) in [4.78, 5) is 16.1. The number of nitrogens with zero attached hydrogens (tertiary/aromatic N) is 4. The molecule has 1 aromatic carbocycles. The first-order chi connectivity index (χ1) is 13.6. The Morgan fingerprint density at radius 1 is 1.36 bits per heavy atom. The number of aryl methyl sites for hydroxylation is 2. The first-order valence-corrected chi connectivity index (χ1v) is 10.5. The summed E-state index contributed by atoms with van der Waals surface area (Å²) in [7, 11) is 0. The third-order valence-electron chi connectivity index (χ3n) is 3.96. The molecule has 1 amide bonds. The molecule has 7 nitrogen and oxygen atoms in total. The van der Waals surface area contributed by atoms with Crippen molar-refractivity contribution in [3.05, 3.63) is 59.4 Å². The minimum Gasteiger partial charge on any atom is -0.486 e. The van der Waals surface area contributed by atoms with Gasteiger partial charge in [-0.05, 0) is 37.1 Å². The molecule has 0 aliphatic carbocycles. The van der Waals surface area contributed by atoms with E-state index in [9.17, 15) is 4.79 Å². The van der Waals surface area contributed by atoms with Gasteiger partial charge in [-0.15, -0.1) is 28.1 Å². The van der Waals surface area contributed by atoms with E-state index < -0.39 is 0 Å². The fraction of sp³-hybridized carbons (Fsp3) is 0.263. The number of thioether (sulfide) groups is 1. The maximum absolute atomic E-state index is 12.1. The molecule has 146 valence electrons. The van der Waals surface area contributed by atoms with Crippen molar-refractivity contribution in [3.8, 4) is 5.75 Å². The molecule has 9 heteroatoms. The van der Waals surface area contributed by atoms with Gasteiger partial charge < -0.3 is 10.1 Å². The Morgan fingerprint density at radius 3 is 2.93 bits per heavy atom. The van der Waals surface area contributed by atoms with Gasteiger partial charge in [0, 0.05) is 18.1 Å². The van der Waals surface area contributed by atoms with Crippen LogP contribution in [0.3, 0.4) is 0 Å². The lowest BCUT2D eigenvalue weighted by molar-refractivity contribution is -0.113. The number of carbonyl (C=O) groups is 1. The second-order valence-electron chi connectivity index (χ2n) is 6.01. The molecule has 0 aliphatic rings. The molecule has 0 atom stereocenters. The second-order valence-corrected chi connectivity index (χ2v) is 7.84. The number of rotatable bonds is 9. The maximum Gasteiger partial charge on any atom is 0.236 e. The quantitative estimate of drug-likeness (QED) is 0.422. The van der Waals surface area contributed by atoms with E-state index in [2.05, 4.69) is 34.0 Å². The molecule has 3 rings (SSSR count). The second kappa shape index (κ2) is 9.52. The summed E-state index contributed by atoms with van der Waals surface area (Å²) in [5.74, 6) is 1.54. The molecule has 0 saturated carbocycles. The third-order valence-corrected chi connectivity index (χ3v) is 5.62. The van der Waals surface area contributed by atoms with Crippen LogP contribution in [0.25, 0.3) is 0 Å². The topological polar surface area (TPSA) is 81.9 Å². The van der Waals surface area contributed by atoms with Crippen LogP contribution in [-0.4, -0.2) is 31.4 Å². The summed E-state index contributed by atoms with van der Waals surface area (Å²) in [6, 6.07) is 5.97. The standard InChI is InChI=1S/C19H21N5O2S2/c1-4-8-24-16(11-26-15-6-5-13(2)14(3)10-15)22-23-19(24)28-12-17(25)21-18-20-7-9-27-18/h4-7,9-10H,1,8,11-12H2,2-3H3,(H,20,21,25). The van der Waals surface area contributed by atoms with Gasteiger partial charge in [0.05, 0.1) is 5.75 Å². The first-order valence-electron chi connectivity index (χ1n) is 8.62. The van der Waals surface area contributed by atoms with Gasteiger partial charge in [0.1, 0.15) is 12.4 Å². The van der Waals surface area contributed by atoms with Crippen LogP contribution in [-0.2, 0) is 17.9 Å². The molecule has 2 aromatic heterocycles. The summed E-state index contributed by atoms with van der Waals surface area (Å²) >= 11 is 2.69. The Bertz CT molecular complexity index is 953. The van der Waals surface area contributed by atoms with Gasteiger partial charge >= 0.3 is 0 Å². The van der Waals surface area contributed by atoms with Crippen LogP contribution in [0.2, 0.25) is 0 Å². The van der Waals surface area contributed by atoms with Gasteiger partial charge in [-0.1, -0.05) is 23.9 Å². The van der Waals surface area contributed by atoms with Crippen LogP contribution in [0.15, 0.2) is 47.6 Å². The average molecular weight is 416 g/mol. The van der Waals surface area contributed by atoms with Crippen molar-refractivity contribution >= 4 is 34.1 Å². The number of allylic oxidation sites excluding steroid dienone is 1. The van der Waals surface area contributed by atoms with Crippen molar-refractivity contribution in [1.82, 2.24) is 19.7 Å². The zero-order valence-electron chi connectivity index (χ0n) is 15.7. The predicted octanol–water partition coefficient (Wildman–Crippen LogP) is 3.85. The Kier molecular flexibility index (Phi) is 6.83. The fourth-order valence-corrected chi connectivity index (χ4v) is 3.68. The zero-order chi connectivity index (χ0) is 19.9. The minimum atomic E-state index is -0.138. The molecule has 0 bridgehead atoms. The van der Waals surface area contributed by atoms with E-state index >= 15 is 0 Å². The highest BCUT2D eigenvalue weighted by Crippen LogP contribution is 2.21. The van der Waals surface area contributed by atoms with Crippen molar-refractivity contribution in [2.24, 2.45) is 0 Å². The number of hydrogen-bond acceptors (Lipinski definition) is 7. The van der Waals surface area contributed by atoms with Gasteiger partial charge in [-0.3, -0.25) is 9.36 Å². The smallest absolute Gasteiger partial charge is 0.236 e. The summed E-state index contributed by atoms with van der Waals surface area (Å²) in [5, 5.41) is 14.2. The van der Waals surface area contributed by atoms with Gasteiger partial charge in [0.25, 0.3) is 0 Å². The third kappa shape index (κ3) is 5.20. The summed E-state index contributed by atoms with van der Waals surface area (Å²) in [5.41, 5.74) is 2.39. The molecule has 1 N–H and O–H groups in total. The molecule has 0 fully saturated rings. The summed E-state index contributed by atoms with van der Waals surface area (Å²) in [6.45, 7) is 8.73. The van der Waals surface area contributed by atoms with Crippen molar-refractivity contribution in [2.75, 3.05) is 11.1 Å². The van der Waals surface area contributed by atoms with E-state index in [4.69, 9.17) is 4.74 Å².